The molecule has 7 nitrogen and oxygen atoms in total. The third-order valence-electron chi connectivity index (χ3n) is 7.71. The topological polar surface area (TPSA) is 84.9 Å². The highest BCUT2D eigenvalue weighted by Gasteiger charge is 2.67. The summed E-state index contributed by atoms with van der Waals surface area (Å²) in [5, 5.41) is 2.85. The number of carbonyl (C=O) groups is 3. The van der Waals surface area contributed by atoms with Gasteiger partial charge in [0.2, 0.25) is 11.8 Å². The molecule has 7 rings (SSSR count). The fourth-order valence-electron chi connectivity index (χ4n) is 6.16. The highest BCUT2D eigenvalue weighted by atomic mass is 16.5. The minimum Gasteiger partial charge on any atom is -0.497 e. The standard InChI is InChI=1S/C26H24N2O5/c1-32-13-7-10-21(33-2)19(11-13)27-24(29)16-5-3-4-6-20(16)28-25(30)22-14-8-9-15(18-12-17(14)18)23(22)26(28)31/h3-11,14-15,17-18,22-23H,12H2,1-2H3,(H,27,29)/t14-,15-,17-,18+,22+,23+/m1/s1. The summed E-state index contributed by atoms with van der Waals surface area (Å²) in [6.45, 7) is 0. The van der Waals surface area contributed by atoms with Gasteiger partial charge in [0.1, 0.15) is 11.5 Å². The third kappa shape index (κ3) is 2.84. The largest absolute Gasteiger partial charge is 0.497 e. The van der Waals surface area contributed by atoms with Crippen LogP contribution in [-0.2, 0) is 9.59 Å². The van der Waals surface area contributed by atoms with E-state index in [2.05, 4.69) is 17.5 Å². The number of methoxy groups -OCH3 is 2. The second-order valence-corrected chi connectivity index (χ2v) is 9.20. The fraction of sp³-hybridized carbons (Fsp3) is 0.346. The highest BCUT2D eigenvalue weighted by Crippen LogP contribution is 2.65. The minimum atomic E-state index is -0.434. The molecule has 5 aliphatic rings. The Balaban J connectivity index is 1.34. The van der Waals surface area contributed by atoms with Gasteiger partial charge >= 0.3 is 0 Å². The van der Waals surface area contributed by atoms with Crippen molar-refractivity contribution in [3.63, 3.8) is 0 Å². The predicted octanol–water partition coefficient (Wildman–Crippen LogP) is 3.51. The molecule has 2 aromatic carbocycles. The molecule has 3 amide bonds. The van der Waals surface area contributed by atoms with E-state index in [0.29, 0.717) is 34.7 Å². The van der Waals surface area contributed by atoms with Crippen molar-refractivity contribution in [2.24, 2.45) is 35.5 Å². The summed E-state index contributed by atoms with van der Waals surface area (Å²) in [5.41, 5.74) is 1.02. The number of anilines is 2. The molecule has 7 heteroatoms. The molecule has 33 heavy (non-hydrogen) atoms. The molecule has 1 heterocycles. The summed E-state index contributed by atoms with van der Waals surface area (Å²) < 4.78 is 10.6. The van der Waals surface area contributed by atoms with Crippen LogP contribution in [0.4, 0.5) is 11.4 Å². The summed E-state index contributed by atoms with van der Waals surface area (Å²) in [6, 6.07) is 11.9. The molecule has 168 valence electrons. The number of benzene rings is 2. The number of ether oxygens (including phenoxy) is 2. The van der Waals surface area contributed by atoms with Crippen LogP contribution in [0.15, 0.2) is 54.6 Å². The molecular formula is C26H24N2O5. The fourth-order valence-corrected chi connectivity index (χ4v) is 6.16. The van der Waals surface area contributed by atoms with Gasteiger partial charge in [0, 0.05) is 6.07 Å². The van der Waals surface area contributed by atoms with E-state index in [-0.39, 0.29) is 41.0 Å². The van der Waals surface area contributed by atoms with Gasteiger partial charge in [-0.25, -0.2) is 4.90 Å². The molecule has 3 fully saturated rings. The third-order valence-corrected chi connectivity index (χ3v) is 7.71. The Labute approximate surface area is 191 Å². The maximum absolute atomic E-state index is 13.5. The second-order valence-electron chi connectivity index (χ2n) is 9.20. The van der Waals surface area contributed by atoms with Gasteiger partial charge in [-0.2, -0.15) is 0 Å². The SMILES string of the molecule is COc1ccc(OC)c(NC(=O)c2ccccc2N2C(=O)[C@H]3[C@@H]4C=C[C@H]([C@@H]5C[C@H]45)[C@@H]3C2=O)c1. The Bertz CT molecular complexity index is 1180. The molecule has 2 aromatic rings. The van der Waals surface area contributed by atoms with Gasteiger partial charge in [-0.15, -0.1) is 0 Å². The number of hydrogen-bond donors (Lipinski definition) is 1. The Morgan fingerprint density at radius 1 is 0.939 bits per heavy atom. The van der Waals surface area contributed by atoms with E-state index in [0.717, 1.165) is 6.42 Å². The van der Waals surface area contributed by atoms with Gasteiger partial charge in [0.25, 0.3) is 5.91 Å². The van der Waals surface area contributed by atoms with Crippen molar-refractivity contribution in [2.75, 3.05) is 24.4 Å². The van der Waals surface area contributed by atoms with Crippen molar-refractivity contribution in [3.8, 4) is 11.5 Å². The van der Waals surface area contributed by atoms with E-state index in [1.54, 1.807) is 49.6 Å². The number of para-hydroxylation sites is 1. The van der Waals surface area contributed by atoms with Crippen LogP contribution in [0, 0.1) is 35.5 Å². The number of carbonyl (C=O) groups excluding carboxylic acids is 3. The number of hydrogen-bond acceptors (Lipinski definition) is 5. The molecule has 2 bridgehead atoms. The van der Waals surface area contributed by atoms with Crippen LogP contribution in [0.1, 0.15) is 16.8 Å². The molecule has 0 spiro atoms. The van der Waals surface area contributed by atoms with Crippen LogP contribution < -0.4 is 19.7 Å². The molecule has 1 saturated heterocycles. The number of nitrogens with zero attached hydrogens (tertiary/aromatic N) is 1. The van der Waals surface area contributed by atoms with E-state index in [1.807, 2.05) is 0 Å². The Morgan fingerprint density at radius 3 is 2.24 bits per heavy atom. The first-order valence-electron chi connectivity index (χ1n) is 11.2. The van der Waals surface area contributed by atoms with E-state index in [4.69, 9.17) is 9.47 Å². The van der Waals surface area contributed by atoms with Gasteiger partial charge in [0.15, 0.2) is 0 Å². The number of nitrogens with one attached hydrogen (secondary N) is 1. The Kier molecular flexibility index (Phi) is 4.37. The van der Waals surface area contributed by atoms with Crippen LogP contribution in [0.2, 0.25) is 0 Å². The van der Waals surface area contributed by atoms with Crippen molar-refractivity contribution < 1.29 is 23.9 Å². The van der Waals surface area contributed by atoms with Gasteiger partial charge in [-0.3, -0.25) is 14.4 Å². The van der Waals surface area contributed by atoms with Crippen molar-refractivity contribution in [1.82, 2.24) is 0 Å². The second kappa shape index (κ2) is 7.20. The molecular weight excluding hydrogens is 420 g/mol. The first-order valence-corrected chi connectivity index (χ1v) is 11.2. The zero-order valence-corrected chi connectivity index (χ0v) is 18.4. The lowest BCUT2D eigenvalue weighted by Crippen LogP contribution is -2.40. The number of amides is 3. The number of allylic oxidation sites excluding steroid dienone is 2. The maximum atomic E-state index is 13.5. The van der Waals surface area contributed by atoms with E-state index >= 15 is 0 Å². The molecule has 0 radical (unpaired) electrons. The lowest BCUT2D eigenvalue weighted by molar-refractivity contribution is -0.124. The lowest BCUT2D eigenvalue weighted by Gasteiger charge is -2.37. The monoisotopic (exact) mass is 444 g/mol. The van der Waals surface area contributed by atoms with Crippen LogP contribution in [-0.4, -0.2) is 31.9 Å². The predicted molar refractivity (Wildman–Crippen MR) is 121 cm³/mol. The summed E-state index contributed by atoms with van der Waals surface area (Å²) in [7, 11) is 3.06. The number of imide groups is 1. The number of rotatable bonds is 5. The van der Waals surface area contributed by atoms with Crippen molar-refractivity contribution >= 4 is 29.1 Å². The first kappa shape index (κ1) is 20.0. The summed E-state index contributed by atoms with van der Waals surface area (Å²) >= 11 is 0. The molecule has 0 unspecified atom stereocenters. The lowest BCUT2D eigenvalue weighted by atomic mass is 9.63. The van der Waals surface area contributed by atoms with Crippen LogP contribution >= 0.6 is 0 Å². The van der Waals surface area contributed by atoms with Gasteiger partial charge in [-0.05, 0) is 54.4 Å². The molecule has 4 aliphatic carbocycles. The highest BCUT2D eigenvalue weighted by molar-refractivity contribution is 6.25. The van der Waals surface area contributed by atoms with Crippen LogP contribution in [0.25, 0.3) is 0 Å². The molecule has 1 N–H and O–H groups in total. The summed E-state index contributed by atoms with van der Waals surface area (Å²) in [4.78, 5) is 41.6. The van der Waals surface area contributed by atoms with Crippen molar-refractivity contribution in [3.05, 3.63) is 60.2 Å². The molecule has 6 atom stereocenters. The van der Waals surface area contributed by atoms with Crippen LogP contribution in [0.5, 0.6) is 11.5 Å². The Hall–Kier alpha value is -3.61. The molecule has 2 saturated carbocycles. The summed E-state index contributed by atoms with van der Waals surface area (Å²) in [6.07, 6.45) is 5.39. The van der Waals surface area contributed by atoms with Gasteiger partial charge in [0.05, 0.1) is 43.0 Å². The van der Waals surface area contributed by atoms with E-state index in [1.165, 1.54) is 12.0 Å². The smallest absolute Gasteiger partial charge is 0.257 e. The minimum absolute atomic E-state index is 0.133. The Morgan fingerprint density at radius 2 is 1.61 bits per heavy atom. The zero-order valence-electron chi connectivity index (χ0n) is 18.4. The molecule has 1 aliphatic heterocycles. The quantitative estimate of drug-likeness (QED) is 0.564. The average molecular weight is 444 g/mol. The van der Waals surface area contributed by atoms with Crippen LogP contribution in [0.3, 0.4) is 0 Å². The zero-order chi connectivity index (χ0) is 22.9. The summed E-state index contributed by atoms with van der Waals surface area (Å²) in [5.74, 6) is 0.921. The average Bonchev–Trinajstić information content (AvgIpc) is 3.62. The van der Waals surface area contributed by atoms with Crippen molar-refractivity contribution in [2.45, 2.75) is 6.42 Å². The molecule has 0 aromatic heterocycles. The van der Waals surface area contributed by atoms with Gasteiger partial charge < -0.3 is 14.8 Å². The normalized spacial score (nSPS) is 30.7. The van der Waals surface area contributed by atoms with Gasteiger partial charge in [-0.1, -0.05) is 24.3 Å². The maximum Gasteiger partial charge on any atom is 0.257 e. The first-order chi connectivity index (χ1) is 16.0. The van der Waals surface area contributed by atoms with E-state index in [9.17, 15) is 14.4 Å². The van der Waals surface area contributed by atoms with Crippen molar-refractivity contribution in [1.29, 1.82) is 0 Å². The van der Waals surface area contributed by atoms with E-state index < -0.39 is 5.91 Å².